The first-order chi connectivity index (χ1) is 9.79. The summed E-state index contributed by atoms with van der Waals surface area (Å²) in [5.74, 6) is 0. The second-order valence-corrected chi connectivity index (χ2v) is 5.04. The summed E-state index contributed by atoms with van der Waals surface area (Å²) in [7, 11) is 0. The topological polar surface area (TPSA) is 38.9 Å². The van der Waals surface area contributed by atoms with Crippen LogP contribution in [-0.2, 0) is 0 Å². The third-order valence-corrected chi connectivity index (χ3v) is 3.75. The third kappa shape index (κ3) is 2.30. The zero-order chi connectivity index (χ0) is 13.9. The van der Waals surface area contributed by atoms with Crippen molar-refractivity contribution in [3.05, 3.63) is 66.5 Å². The van der Waals surface area contributed by atoms with E-state index in [1.165, 1.54) is 22.1 Å². The van der Waals surface area contributed by atoms with Crippen molar-refractivity contribution in [2.45, 2.75) is 19.4 Å². The highest BCUT2D eigenvalue weighted by molar-refractivity contribution is 5.96. The Kier molecular flexibility index (Phi) is 3.48. The van der Waals surface area contributed by atoms with Crippen molar-refractivity contribution in [2.75, 3.05) is 0 Å². The van der Waals surface area contributed by atoms with Gasteiger partial charge in [-0.2, -0.15) is 0 Å². The largest absolute Gasteiger partial charge is 0.324 e. The Labute approximate surface area is 119 Å². The minimum absolute atomic E-state index is 0.103. The lowest BCUT2D eigenvalue weighted by atomic mass is 9.96. The van der Waals surface area contributed by atoms with Gasteiger partial charge in [-0.15, -0.1) is 0 Å². The van der Waals surface area contributed by atoms with Gasteiger partial charge < -0.3 is 5.73 Å². The molecule has 0 aliphatic rings. The van der Waals surface area contributed by atoms with E-state index >= 15 is 0 Å². The molecule has 2 nitrogen and oxygen atoms in total. The summed E-state index contributed by atoms with van der Waals surface area (Å²) in [6.45, 7) is 2.11. The fraction of sp³-hybridized carbons (Fsp3) is 0.167. The van der Waals surface area contributed by atoms with Gasteiger partial charge in [0.1, 0.15) is 0 Å². The lowest BCUT2D eigenvalue weighted by molar-refractivity contribution is 0.699. The number of rotatable bonds is 3. The van der Waals surface area contributed by atoms with Crippen LogP contribution in [0.2, 0.25) is 0 Å². The first-order valence-corrected chi connectivity index (χ1v) is 6.98. The van der Waals surface area contributed by atoms with E-state index in [0.717, 1.165) is 11.8 Å². The molecule has 0 radical (unpaired) electrons. The number of nitrogens with two attached hydrogens (primary N) is 1. The highest BCUT2D eigenvalue weighted by Gasteiger charge is 2.07. The van der Waals surface area contributed by atoms with Gasteiger partial charge in [0.05, 0.1) is 0 Å². The molecule has 3 rings (SSSR count). The number of aromatic nitrogens is 1. The van der Waals surface area contributed by atoms with Crippen LogP contribution in [0, 0.1) is 0 Å². The predicted octanol–water partition coefficient (Wildman–Crippen LogP) is 4.31. The molecule has 2 aromatic carbocycles. The molecule has 100 valence electrons. The van der Waals surface area contributed by atoms with Crippen LogP contribution in [0.5, 0.6) is 0 Å². The molecule has 0 aliphatic heterocycles. The molecule has 20 heavy (non-hydrogen) atoms. The second-order valence-electron chi connectivity index (χ2n) is 5.04. The van der Waals surface area contributed by atoms with E-state index in [1.54, 1.807) is 0 Å². The zero-order valence-corrected chi connectivity index (χ0v) is 11.6. The van der Waals surface area contributed by atoms with Gasteiger partial charge in [-0.25, -0.2) is 0 Å². The van der Waals surface area contributed by atoms with Crippen LogP contribution in [-0.4, -0.2) is 4.98 Å². The summed E-state index contributed by atoms with van der Waals surface area (Å²) in [6.07, 6.45) is 4.69. The van der Waals surface area contributed by atoms with Crippen LogP contribution in [0.3, 0.4) is 0 Å². The SMILES string of the molecule is CCC(N)c1cccc(-c2cccc3cnccc23)c1. The molecule has 0 aliphatic carbocycles. The van der Waals surface area contributed by atoms with Gasteiger partial charge >= 0.3 is 0 Å². The maximum Gasteiger partial charge on any atom is 0.0346 e. The van der Waals surface area contributed by atoms with Gasteiger partial charge in [0.2, 0.25) is 0 Å². The predicted molar refractivity (Wildman–Crippen MR) is 84.4 cm³/mol. The average molecular weight is 262 g/mol. The molecule has 0 spiro atoms. The molecule has 1 atom stereocenters. The minimum Gasteiger partial charge on any atom is -0.324 e. The lowest BCUT2D eigenvalue weighted by Gasteiger charge is -2.12. The molecule has 1 heterocycles. The molecular formula is C18H18N2. The summed E-state index contributed by atoms with van der Waals surface area (Å²) < 4.78 is 0. The van der Waals surface area contributed by atoms with Crippen molar-refractivity contribution in [3.8, 4) is 11.1 Å². The van der Waals surface area contributed by atoms with Crippen molar-refractivity contribution in [1.29, 1.82) is 0 Å². The smallest absolute Gasteiger partial charge is 0.0346 e. The Morgan fingerprint density at radius 1 is 1.10 bits per heavy atom. The highest BCUT2D eigenvalue weighted by Crippen LogP contribution is 2.29. The van der Waals surface area contributed by atoms with E-state index in [9.17, 15) is 0 Å². The van der Waals surface area contributed by atoms with Crippen LogP contribution in [0.1, 0.15) is 24.9 Å². The Morgan fingerprint density at radius 3 is 2.80 bits per heavy atom. The van der Waals surface area contributed by atoms with Crippen LogP contribution >= 0.6 is 0 Å². The average Bonchev–Trinajstić information content (AvgIpc) is 2.53. The maximum atomic E-state index is 6.14. The maximum absolute atomic E-state index is 6.14. The van der Waals surface area contributed by atoms with E-state index in [1.807, 2.05) is 12.4 Å². The Bertz CT molecular complexity index is 729. The van der Waals surface area contributed by atoms with E-state index in [2.05, 4.69) is 60.4 Å². The number of hydrogen-bond acceptors (Lipinski definition) is 2. The van der Waals surface area contributed by atoms with Crippen molar-refractivity contribution < 1.29 is 0 Å². The third-order valence-electron chi connectivity index (χ3n) is 3.75. The fourth-order valence-corrected chi connectivity index (χ4v) is 2.55. The standard InChI is InChI=1S/C18H18N2/c1-2-18(19)14-6-3-5-13(11-14)16-8-4-7-15-12-20-10-9-17(15)16/h3-12,18H,2,19H2,1H3. The summed E-state index contributed by atoms with van der Waals surface area (Å²) in [5, 5.41) is 2.39. The molecule has 0 fully saturated rings. The zero-order valence-electron chi connectivity index (χ0n) is 11.6. The van der Waals surface area contributed by atoms with Gasteiger partial charge in [0.25, 0.3) is 0 Å². The van der Waals surface area contributed by atoms with Gasteiger partial charge in [-0.1, -0.05) is 43.3 Å². The molecule has 0 saturated heterocycles. The van der Waals surface area contributed by atoms with Crippen molar-refractivity contribution in [2.24, 2.45) is 5.73 Å². The Morgan fingerprint density at radius 2 is 1.95 bits per heavy atom. The fourth-order valence-electron chi connectivity index (χ4n) is 2.55. The van der Waals surface area contributed by atoms with E-state index < -0.39 is 0 Å². The monoisotopic (exact) mass is 262 g/mol. The van der Waals surface area contributed by atoms with E-state index in [-0.39, 0.29) is 6.04 Å². The van der Waals surface area contributed by atoms with Gasteiger partial charge in [0, 0.05) is 23.8 Å². The number of fused-ring (bicyclic) bond motifs is 1. The first-order valence-electron chi connectivity index (χ1n) is 6.98. The quantitative estimate of drug-likeness (QED) is 0.763. The van der Waals surface area contributed by atoms with Crippen molar-refractivity contribution in [1.82, 2.24) is 4.98 Å². The lowest BCUT2D eigenvalue weighted by Crippen LogP contribution is -2.08. The Hall–Kier alpha value is -2.19. The number of nitrogens with zero attached hydrogens (tertiary/aromatic N) is 1. The number of pyridine rings is 1. The summed E-state index contributed by atoms with van der Waals surface area (Å²) >= 11 is 0. The first kappa shape index (κ1) is 12.8. The van der Waals surface area contributed by atoms with Crippen LogP contribution in [0.15, 0.2) is 60.9 Å². The molecule has 1 aromatic heterocycles. The molecule has 2 N–H and O–H groups in total. The normalized spacial score (nSPS) is 12.5. The number of hydrogen-bond donors (Lipinski definition) is 1. The van der Waals surface area contributed by atoms with Crippen LogP contribution < -0.4 is 5.73 Å². The summed E-state index contributed by atoms with van der Waals surface area (Å²) in [6, 6.07) is 17.0. The van der Waals surface area contributed by atoms with Crippen LogP contribution in [0.4, 0.5) is 0 Å². The molecular weight excluding hydrogens is 244 g/mol. The van der Waals surface area contributed by atoms with Gasteiger partial charge in [0.15, 0.2) is 0 Å². The van der Waals surface area contributed by atoms with E-state index in [4.69, 9.17) is 5.73 Å². The van der Waals surface area contributed by atoms with Gasteiger partial charge in [-0.3, -0.25) is 4.98 Å². The molecule has 2 heteroatoms. The van der Waals surface area contributed by atoms with Gasteiger partial charge in [-0.05, 0) is 40.6 Å². The molecule has 3 aromatic rings. The van der Waals surface area contributed by atoms with E-state index in [0.29, 0.717) is 0 Å². The number of benzene rings is 2. The van der Waals surface area contributed by atoms with Crippen molar-refractivity contribution >= 4 is 10.8 Å². The second kappa shape index (κ2) is 5.43. The molecule has 0 amide bonds. The molecule has 0 saturated carbocycles. The minimum atomic E-state index is 0.103. The summed E-state index contributed by atoms with van der Waals surface area (Å²) in [5.41, 5.74) is 9.78. The molecule has 0 bridgehead atoms. The Balaban J connectivity index is 2.16. The highest BCUT2D eigenvalue weighted by atomic mass is 14.6. The van der Waals surface area contributed by atoms with Crippen molar-refractivity contribution in [3.63, 3.8) is 0 Å². The molecule has 1 unspecified atom stereocenters. The summed E-state index contributed by atoms with van der Waals surface area (Å²) in [4.78, 5) is 4.19. The van der Waals surface area contributed by atoms with Crippen LogP contribution in [0.25, 0.3) is 21.9 Å².